The molecule has 0 saturated carbocycles. The van der Waals surface area contributed by atoms with Crippen molar-refractivity contribution in [3.8, 4) is 6.07 Å². The number of aromatic nitrogens is 2. The first kappa shape index (κ1) is 17.9. The van der Waals surface area contributed by atoms with Crippen LogP contribution < -0.4 is 4.90 Å². The molecule has 0 bridgehead atoms. The average Bonchev–Trinajstić information content (AvgIpc) is 3.03. The van der Waals surface area contributed by atoms with E-state index < -0.39 is 0 Å². The quantitative estimate of drug-likeness (QED) is 0.693. The number of hydrogen-bond acceptors (Lipinski definition) is 6. The summed E-state index contributed by atoms with van der Waals surface area (Å²) in [6.07, 6.45) is 0. The largest absolute Gasteiger partial charge is 0.351 e. The van der Waals surface area contributed by atoms with Crippen molar-refractivity contribution >= 4 is 27.4 Å². The van der Waals surface area contributed by atoms with E-state index in [0.717, 1.165) is 42.7 Å². The summed E-state index contributed by atoms with van der Waals surface area (Å²) in [5.41, 5.74) is 3.23. The van der Waals surface area contributed by atoms with Crippen molar-refractivity contribution in [3.63, 3.8) is 0 Å². The summed E-state index contributed by atoms with van der Waals surface area (Å²) < 4.78 is 0. The van der Waals surface area contributed by atoms with E-state index in [-0.39, 0.29) is 0 Å². The Labute approximate surface area is 163 Å². The molecule has 0 spiro atoms. The molecule has 3 aromatic rings. The summed E-state index contributed by atoms with van der Waals surface area (Å²) in [6, 6.07) is 10.5. The molecule has 3 heterocycles. The van der Waals surface area contributed by atoms with Gasteiger partial charge in [-0.05, 0) is 49.4 Å². The monoisotopic (exact) mass is 377 g/mol. The van der Waals surface area contributed by atoms with Gasteiger partial charge in [0.1, 0.15) is 16.5 Å². The zero-order valence-corrected chi connectivity index (χ0v) is 16.8. The van der Waals surface area contributed by atoms with Crippen molar-refractivity contribution in [2.75, 3.05) is 24.5 Å². The second-order valence-corrected chi connectivity index (χ2v) is 8.14. The van der Waals surface area contributed by atoms with Gasteiger partial charge in [0, 0.05) is 32.2 Å². The third kappa shape index (κ3) is 3.53. The van der Waals surface area contributed by atoms with E-state index in [9.17, 15) is 0 Å². The first-order valence-electron chi connectivity index (χ1n) is 9.25. The lowest BCUT2D eigenvalue weighted by molar-refractivity contribution is 0.220. The Hall–Kier alpha value is -2.49. The van der Waals surface area contributed by atoms with Crippen molar-refractivity contribution in [2.24, 2.45) is 0 Å². The summed E-state index contributed by atoms with van der Waals surface area (Å²) in [5.74, 6) is 1.92. The minimum Gasteiger partial charge on any atom is -0.351 e. The summed E-state index contributed by atoms with van der Waals surface area (Å²) >= 11 is 1.70. The maximum absolute atomic E-state index is 8.95. The van der Waals surface area contributed by atoms with Gasteiger partial charge in [0.2, 0.25) is 0 Å². The van der Waals surface area contributed by atoms with E-state index in [1.807, 2.05) is 19.1 Å². The molecular formula is C21H23N5S. The SMILES string of the molecule is Cc1nc(N2CCN(Cc3ccc(C#N)cc3)C[C@H]2C)c2c(C)csc2n1. The van der Waals surface area contributed by atoms with Gasteiger partial charge in [0.25, 0.3) is 0 Å². The van der Waals surface area contributed by atoms with Crippen LogP contribution in [0, 0.1) is 25.2 Å². The average molecular weight is 378 g/mol. The topological polar surface area (TPSA) is 56.1 Å². The zero-order chi connectivity index (χ0) is 19.0. The lowest BCUT2D eigenvalue weighted by Crippen LogP contribution is -2.52. The second-order valence-electron chi connectivity index (χ2n) is 7.28. The highest BCUT2D eigenvalue weighted by Crippen LogP contribution is 2.33. The summed E-state index contributed by atoms with van der Waals surface area (Å²) in [5, 5.41) is 12.3. The predicted molar refractivity (Wildman–Crippen MR) is 110 cm³/mol. The molecule has 1 fully saturated rings. The van der Waals surface area contributed by atoms with Crippen LogP contribution in [0.5, 0.6) is 0 Å². The van der Waals surface area contributed by atoms with Gasteiger partial charge in [-0.15, -0.1) is 11.3 Å². The van der Waals surface area contributed by atoms with Crippen molar-refractivity contribution in [1.82, 2.24) is 14.9 Å². The fourth-order valence-corrected chi connectivity index (χ4v) is 4.77. The number of aryl methyl sites for hydroxylation is 2. The molecular weight excluding hydrogens is 354 g/mol. The number of benzene rings is 1. The number of nitriles is 1. The Morgan fingerprint density at radius 3 is 2.67 bits per heavy atom. The highest BCUT2D eigenvalue weighted by molar-refractivity contribution is 7.17. The van der Waals surface area contributed by atoms with Crippen molar-refractivity contribution < 1.29 is 0 Å². The minimum absolute atomic E-state index is 0.383. The fraction of sp³-hybridized carbons (Fsp3) is 0.381. The van der Waals surface area contributed by atoms with Gasteiger partial charge in [0.05, 0.1) is 17.0 Å². The number of hydrogen-bond donors (Lipinski definition) is 0. The maximum atomic E-state index is 8.95. The molecule has 0 radical (unpaired) electrons. The number of thiophene rings is 1. The van der Waals surface area contributed by atoms with Crippen LogP contribution in [0.1, 0.15) is 29.4 Å². The van der Waals surface area contributed by atoms with Crippen LogP contribution in [0.3, 0.4) is 0 Å². The Morgan fingerprint density at radius 2 is 1.96 bits per heavy atom. The molecule has 138 valence electrons. The van der Waals surface area contributed by atoms with E-state index in [0.29, 0.717) is 11.6 Å². The molecule has 0 aliphatic carbocycles. The van der Waals surface area contributed by atoms with Crippen LogP contribution in [0.4, 0.5) is 5.82 Å². The Kier molecular flexibility index (Phi) is 4.81. The molecule has 5 nitrogen and oxygen atoms in total. The first-order valence-corrected chi connectivity index (χ1v) is 10.1. The molecule has 0 amide bonds. The third-order valence-corrected chi connectivity index (χ3v) is 6.17. The zero-order valence-electron chi connectivity index (χ0n) is 15.9. The van der Waals surface area contributed by atoms with Gasteiger partial charge in [-0.1, -0.05) is 12.1 Å². The Bertz CT molecular complexity index is 1000. The lowest BCUT2D eigenvalue weighted by atomic mass is 10.1. The van der Waals surface area contributed by atoms with Gasteiger partial charge in [0.15, 0.2) is 0 Å². The number of nitrogens with zero attached hydrogens (tertiary/aromatic N) is 5. The summed E-state index contributed by atoms with van der Waals surface area (Å²) in [6.45, 7) is 10.3. The first-order chi connectivity index (χ1) is 13.0. The van der Waals surface area contributed by atoms with Gasteiger partial charge >= 0.3 is 0 Å². The summed E-state index contributed by atoms with van der Waals surface area (Å²) in [7, 11) is 0. The normalized spacial score (nSPS) is 18.0. The van der Waals surface area contributed by atoms with Crippen LogP contribution in [0.15, 0.2) is 29.6 Å². The van der Waals surface area contributed by atoms with Gasteiger partial charge < -0.3 is 4.90 Å². The van der Waals surface area contributed by atoms with Crippen LogP contribution in [0.2, 0.25) is 0 Å². The van der Waals surface area contributed by atoms with Crippen LogP contribution in [-0.2, 0) is 6.54 Å². The van der Waals surface area contributed by atoms with Gasteiger partial charge in [-0.25, -0.2) is 9.97 Å². The van der Waals surface area contributed by atoms with Crippen LogP contribution >= 0.6 is 11.3 Å². The van der Waals surface area contributed by atoms with E-state index in [4.69, 9.17) is 10.2 Å². The standard InChI is InChI=1S/C21H23N5S/c1-14-13-27-21-19(14)20(23-16(3)24-21)26-9-8-25(11-15(26)2)12-18-6-4-17(10-22)5-7-18/h4-7,13,15H,8-9,11-12H2,1-3H3/t15-/m1/s1. The number of rotatable bonds is 3. The lowest BCUT2D eigenvalue weighted by Gasteiger charge is -2.41. The smallest absolute Gasteiger partial charge is 0.141 e. The molecule has 1 saturated heterocycles. The fourth-order valence-electron chi connectivity index (χ4n) is 3.81. The second kappa shape index (κ2) is 7.26. The third-order valence-electron chi connectivity index (χ3n) is 5.18. The minimum atomic E-state index is 0.383. The molecule has 1 aromatic carbocycles. The van der Waals surface area contributed by atoms with E-state index in [2.05, 4.69) is 52.2 Å². The molecule has 0 N–H and O–H groups in total. The molecule has 1 atom stereocenters. The molecule has 4 rings (SSSR count). The molecule has 2 aromatic heterocycles. The number of fused-ring (bicyclic) bond motifs is 1. The summed E-state index contributed by atoms with van der Waals surface area (Å²) in [4.78, 5) is 15.4. The van der Waals surface area contributed by atoms with Crippen LogP contribution in [-0.4, -0.2) is 40.5 Å². The van der Waals surface area contributed by atoms with E-state index in [1.54, 1.807) is 11.3 Å². The Balaban J connectivity index is 1.52. The highest BCUT2D eigenvalue weighted by atomic mass is 32.1. The van der Waals surface area contributed by atoms with Gasteiger partial charge in [-0.3, -0.25) is 4.90 Å². The van der Waals surface area contributed by atoms with Gasteiger partial charge in [-0.2, -0.15) is 5.26 Å². The number of piperazine rings is 1. The predicted octanol–water partition coefficient (Wildman–Crippen LogP) is 3.89. The molecule has 0 unspecified atom stereocenters. The highest BCUT2D eigenvalue weighted by Gasteiger charge is 2.27. The molecule has 1 aliphatic rings. The van der Waals surface area contributed by atoms with E-state index in [1.165, 1.54) is 16.5 Å². The Morgan fingerprint density at radius 1 is 1.19 bits per heavy atom. The van der Waals surface area contributed by atoms with Crippen LogP contribution in [0.25, 0.3) is 10.2 Å². The molecule has 27 heavy (non-hydrogen) atoms. The van der Waals surface area contributed by atoms with Crippen molar-refractivity contribution in [1.29, 1.82) is 5.26 Å². The van der Waals surface area contributed by atoms with Crippen molar-refractivity contribution in [2.45, 2.75) is 33.4 Å². The van der Waals surface area contributed by atoms with Crippen molar-refractivity contribution in [3.05, 3.63) is 52.2 Å². The maximum Gasteiger partial charge on any atom is 0.141 e. The van der Waals surface area contributed by atoms with E-state index >= 15 is 0 Å². The molecule has 6 heteroatoms. The number of anilines is 1. The molecule has 1 aliphatic heterocycles.